The summed E-state index contributed by atoms with van der Waals surface area (Å²) in [7, 11) is 0. The Morgan fingerprint density at radius 2 is 1.80 bits per heavy atom. The topological polar surface area (TPSA) is 44.1 Å². The Morgan fingerprint density at radius 1 is 1.03 bits per heavy atom. The fourth-order valence-corrected chi connectivity index (χ4v) is 6.26. The van der Waals surface area contributed by atoms with Crippen LogP contribution in [0, 0.1) is 24.1 Å². The molecule has 1 amide bonds. The molecule has 5 rings (SSSR count). The van der Waals surface area contributed by atoms with Gasteiger partial charge in [-0.25, -0.2) is 4.39 Å². The number of nitrogens with zero attached hydrogens (tertiary/aromatic N) is 2. The number of benzene rings is 3. The fourth-order valence-electron chi connectivity index (χ4n) is 5.10. The van der Waals surface area contributed by atoms with Gasteiger partial charge in [0.2, 0.25) is 0 Å². The number of amides is 1. The van der Waals surface area contributed by atoms with Gasteiger partial charge in [-0.1, -0.05) is 55.7 Å². The minimum absolute atomic E-state index is 0.00752. The van der Waals surface area contributed by atoms with Crippen molar-refractivity contribution in [1.82, 2.24) is 4.90 Å². The van der Waals surface area contributed by atoms with Gasteiger partial charge in [-0.15, -0.1) is 11.3 Å². The molecule has 3 nitrogen and oxygen atoms in total. The van der Waals surface area contributed by atoms with E-state index in [1.807, 2.05) is 54.3 Å². The van der Waals surface area contributed by atoms with Crippen LogP contribution in [0.25, 0.3) is 21.2 Å². The molecule has 4 aromatic rings. The van der Waals surface area contributed by atoms with Crippen LogP contribution < -0.4 is 0 Å². The Balaban J connectivity index is 1.52. The first-order valence-corrected chi connectivity index (χ1v) is 12.9. The van der Waals surface area contributed by atoms with Crippen LogP contribution in [0.15, 0.2) is 66.7 Å². The second-order valence-corrected chi connectivity index (χ2v) is 10.3. The molecule has 1 aromatic heterocycles. The Kier molecular flexibility index (Phi) is 6.66. The highest BCUT2D eigenvalue weighted by Crippen LogP contribution is 2.34. The summed E-state index contributed by atoms with van der Waals surface area (Å²) >= 11 is 1.53. The predicted octanol–water partition coefficient (Wildman–Crippen LogP) is 7.86. The number of carbonyl (C=O) groups excluding carboxylic acids is 1. The van der Waals surface area contributed by atoms with Crippen molar-refractivity contribution >= 4 is 27.3 Å². The largest absolute Gasteiger partial charge is 0.331 e. The lowest BCUT2D eigenvalue weighted by Gasteiger charge is -2.34. The van der Waals surface area contributed by atoms with E-state index in [1.165, 1.54) is 23.8 Å². The zero-order valence-corrected chi connectivity index (χ0v) is 20.6. The van der Waals surface area contributed by atoms with E-state index in [9.17, 15) is 10.1 Å². The Bertz CT molecular complexity index is 1430. The first kappa shape index (κ1) is 23.3. The highest BCUT2D eigenvalue weighted by atomic mass is 32.1. The lowest BCUT2D eigenvalue weighted by atomic mass is 9.93. The molecule has 1 fully saturated rings. The zero-order valence-electron chi connectivity index (χ0n) is 19.8. The Labute approximate surface area is 209 Å². The van der Waals surface area contributed by atoms with Crippen molar-refractivity contribution in [2.45, 2.75) is 51.6 Å². The zero-order chi connectivity index (χ0) is 24.4. The molecule has 0 bridgehead atoms. The summed E-state index contributed by atoms with van der Waals surface area (Å²) < 4.78 is 16.2. The monoisotopic (exact) mass is 482 g/mol. The summed E-state index contributed by atoms with van der Waals surface area (Å²) in [5.41, 5.74) is 3.77. The SMILES string of the molecule is Cc1c(C(=O)N(Cc2cc(-c3cccc(C#N)c3)ccc2F)C2CCCCC2)sc2ccccc12. The van der Waals surface area contributed by atoms with Gasteiger partial charge in [0.15, 0.2) is 0 Å². The molecule has 0 unspecified atom stereocenters. The lowest BCUT2D eigenvalue weighted by Crippen LogP contribution is -2.41. The van der Waals surface area contributed by atoms with E-state index >= 15 is 4.39 Å². The van der Waals surface area contributed by atoms with Crippen molar-refractivity contribution in [3.63, 3.8) is 0 Å². The van der Waals surface area contributed by atoms with Gasteiger partial charge >= 0.3 is 0 Å². The number of carbonyl (C=O) groups is 1. The predicted molar refractivity (Wildman–Crippen MR) is 140 cm³/mol. The van der Waals surface area contributed by atoms with E-state index in [0.717, 1.165) is 57.3 Å². The van der Waals surface area contributed by atoms with E-state index in [-0.39, 0.29) is 24.3 Å². The summed E-state index contributed by atoms with van der Waals surface area (Å²) in [6.45, 7) is 2.24. The van der Waals surface area contributed by atoms with Crippen LogP contribution in [-0.2, 0) is 6.54 Å². The number of nitriles is 1. The van der Waals surface area contributed by atoms with Crippen LogP contribution in [0.2, 0.25) is 0 Å². The number of thiophene rings is 1. The molecule has 0 saturated heterocycles. The molecule has 1 saturated carbocycles. The van der Waals surface area contributed by atoms with Crippen molar-refractivity contribution in [3.05, 3.63) is 94.1 Å². The average Bonchev–Trinajstić information content (AvgIpc) is 3.25. The van der Waals surface area contributed by atoms with Crippen molar-refractivity contribution in [2.75, 3.05) is 0 Å². The molecule has 35 heavy (non-hydrogen) atoms. The quantitative estimate of drug-likeness (QED) is 0.291. The van der Waals surface area contributed by atoms with Gasteiger partial charge < -0.3 is 4.90 Å². The number of halogens is 1. The fraction of sp³-hybridized carbons (Fsp3) is 0.267. The molecule has 0 aliphatic heterocycles. The van der Waals surface area contributed by atoms with Gasteiger partial charge in [-0.2, -0.15) is 5.26 Å². The summed E-state index contributed by atoms with van der Waals surface area (Å²) in [5.74, 6) is -0.321. The normalized spacial score (nSPS) is 14.1. The van der Waals surface area contributed by atoms with Crippen LogP contribution in [0.1, 0.15) is 58.5 Å². The highest BCUT2D eigenvalue weighted by molar-refractivity contribution is 7.21. The summed E-state index contributed by atoms with van der Waals surface area (Å²) in [6, 6.07) is 22.7. The van der Waals surface area contributed by atoms with Gasteiger partial charge in [0, 0.05) is 22.8 Å². The van der Waals surface area contributed by atoms with Crippen molar-refractivity contribution < 1.29 is 9.18 Å². The van der Waals surface area contributed by atoms with Crippen LogP contribution in [0.3, 0.4) is 0 Å². The first-order chi connectivity index (χ1) is 17.0. The van der Waals surface area contributed by atoms with Gasteiger partial charge in [-0.3, -0.25) is 4.79 Å². The summed E-state index contributed by atoms with van der Waals surface area (Å²) in [4.78, 5) is 16.6. The first-order valence-electron chi connectivity index (χ1n) is 12.1. The molecule has 0 atom stereocenters. The molecule has 3 aromatic carbocycles. The standard InChI is InChI=1S/C30H27FN2OS/c1-20-26-12-5-6-13-28(26)35-29(20)30(34)33(25-10-3-2-4-11-25)19-24-17-23(14-15-27(24)31)22-9-7-8-21(16-22)18-32/h5-9,12-17,25H,2-4,10-11,19H2,1H3. The van der Waals surface area contributed by atoms with Gasteiger partial charge in [-0.05, 0) is 72.2 Å². The maximum Gasteiger partial charge on any atom is 0.264 e. The van der Waals surface area contributed by atoms with Crippen molar-refractivity contribution in [3.8, 4) is 17.2 Å². The minimum Gasteiger partial charge on any atom is -0.331 e. The number of rotatable bonds is 5. The molecule has 1 heterocycles. The van der Waals surface area contributed by atoms with Crippen LogP contribution in [-0.4, -0.2) is 16.8 Å². The summed E-state index contributed by atoms with van der Waals surface area (Å²) in [6.07, 6.45) is 5.24. The van der Waals surface area contributed by atoms with Gasteiger partial charge in [0.05, 0.1) is 16.5 Å². The number of aryl methyl sites for hydroxylation is 1. The van der Waals surface area contributed by atoms with Gasteiger partial charge in [0.1, 0.15) is 5.82 Å². The molecule has 0 spiro atoms. The molecule has 1 aliphatic rings. The Hall–Kier alpha value is -3.49. The molecule has 0 N–H and O–H groups in total. The second-order valence-electron chi connectivity index (χ2n) is 9.28. The third kappa shape index (κ3) is 4.72. The second kappa shape index (κ2) is 10.0. The lowest BCUT2D eigenvalue weighted by molar-refractivity contribution is 0.0616. The minimum atomic E-state index is -0.313. The van der Waals surface area contributed by atoms with Gasteiger partial charge in [0.25, 0.3) is 5.91 Å². The van der Waals surface area contributed by atoms with Crippen LogP contribution >= 0.6 is 11.3 Å². The maximum absolute atomic E-state index is 15.1. The van der Waals surface area contributed by atoms with E-state index in [1.54, 1.807) is 12.1 Å². The molecule has 1 aliphatic carbocycles. The van der Waals surface area contributed by atoms with E-state index in [0.29, 0.717) is 11.1 Å². The highest BCUT2D eigenvalue weighted by Gasteiger charge is 2.29. The Morgan fingerprint density at radius 3 is 2.57 bits per heavy atom. The van der Waals surface area contributed by atoms with E-state index < -0.39 is 0 Å². The van der Waals surface area contributed by atoms with Crippen molar-refractivity contribution in [1.29, 1.82) is 5.26 Å². The third-order valence-electron chi connectivity index (χ3n) is 7.03. The maximum atomic E-state index is 15.1. The number of hydrogen-bond acceptors (Lipinski definition) is 3. The van der Waals surface area contributed by atoms with E-state index in [2.05, 4.69) is 12.1 Å². The van der Waals surface area contributed by atoms with E-state index in [4.69, 9.17) is 0 Å². The molecular weight excluding hydrogens is 455 g/mol. The molecule has 0 radical (unpaired) electrons. The van der Waals surface area contributed by atoms with Crippen LogP contribution in [0.5, 0.6) is 0 Å². The number of fused-ring (bicyclic) bond motifs is 1. The molecule has 5 heteroatoms. The number of hydrogen-bond donors (Lipinski definition) is 0. The summed E-state index contributed by atoms with van der Waals surface area (Å²) in [5, 5.41) is 10.4. The average molecular weight is 483 g/mol. The smallest absolute Gasteiger partial charge is 0.264 e. The molecule has 176 valence electrons. The van der Waals surface area contributed by atoms with Crippen LogP contribution in [0.4, 0.5) is 4.39 Å². The van der Waals surface area contributed by atoms with Crippen molar-refractivity contribution in [2.24, 2.45) is 0 Å². The third-order valence-corrected chi connectivity index (χ3v) is 8.29. The molecular formula is C30H27FN2OS.